The number of nitrogens with zero attached hydrogens (tertiary/aromatic N) is 3. The van der Waals surface area contributed by atoms with Crippen molar-refractivity contribution in [1.82, 2.24) is 10.2 Å². The van der Waals surface area contributed by atoms with Gasteiger partial charge in [0, 0.05) is 43.7 Å². The topological polar surface area (TPSA) is 161 Å². The summed E-state index contributed by atoms with van der Waals surface area (Å²) in [6, 6.07) is 15.9. The number of carbonyl (C=O) groups excluding carboxylic acids is 2. The van der Waals surface area contributed by atoms with E-state index in [2.05, 4.69) is 20.6 Å². The molecule has 1 aromatic heterocycles. The zero-order valence-corrected chi connectivity index (χ0v) is 25.2. The van der Waals surface area contributed by atoms with E-state index >= 15 is 0 Å². The lowest BCUT2D eigenvalue weighted by Crippen LogP contribution is -2.45. The molecule has 228 valence electrons. The van der Waals surface area contributed by atoms with E-state index in [-0.39, 0.29) is 30.3 Å². The molecule has 0 atom stereocenters. The van der Waals surface area contributed by atoms with Gasteiger partial charge >= 0.3 is 0 Å². The number of guanidine groups is 2. The van der Waals surface area contributed by atoms with Crippen molar-refractivity contribution in [3.63, 3.8) is 0 Å². The second-order valence-electron chi connectivity index (χ2n) is 11.1. The van der Waals surface area contributed by atoms with Gasteiger partial charge in [-0.15, -0.1) is 0 Å². The van der Waals surface area contributed by atoms with Gasteiger partial charge in [0.2, 0.25) is 17.8 Å². The highest BCUT2D eigenvalue weighted by molar-refractivity contribution is 6.32. The minimum atomic E-state index is -0.405. The first kappa shape index (κ1) is 31.4. The van der Waals surface area contributed by atoms with Crippen LogP contribution in [0.1, 0.15) is 48.4 Å². The predicted molar refractivity (Wildman–Crippen MR) is 168 cm³/mol. The van der Waals surface area contributed by atoms with Crippen LogP contribution in [0, 0.1) is 5.41 Å². The van der Waals surface area contributed by atoms with E-state index in [0.717, 1.165) is 11.3 Å². The van der Waals surface area contributed by atoms with Crippen molar-refractivity contribution < 1.29 is 18.7 Å². The number of aryl methyl sites for hydroxylation is 1. The summed E-state index contributed by atoms with van der Waals surface area (Å²) in [5, 5.41) is 6.38. The molecule has 0 radical (unpaired) electrons. The lowest BCUT2D eigenvalue weighted by molar-refractivity contribution is -0.132. The summed E-state index contributed by atoms with van der Waals surface area (Å²) in [4.78, 5) is 36.4. The van der Waals surface area contributed by atoms with Crippen LogP contribution in [0.2, 0.25) is 5.02 Å². The van der Waals surface area contributed by atoms with Crippen molar-refractivity contribution in [2.75, 3.05) is 31.6 Å². The Balaban J connectivity index is 1.53. The van der Waals surface area contributed by atoms with Crippen LogP contribution in [0.4, 0.5) is 5.69 Å². The maximum absolute atomic E-state index is 13.3. The van der Waals surface area contributed by atoms with Gasteiger partial charge in [0.15, 0.2) is 0 Å². The number of hydrogen-bond acceptors (Lipinski definition) is 9. The number of benzene rings is 2. The molecule has 43 heavy (non-hydrogen) atoms. The molecule has 11 nitrogen and oxygen atoms in total. The second-order valence-corrected chi connectivity index (χ2v) is 11.5. The summed E-state index contributed by atoms with van der Waals surface area (Å²) in [7, 11) is 0. The molecule has 0 saturated heterocycles. The number of nitrogens with one attached hydrogen (secondary N) is 2. The molecule has 0 spiro atoms. The SMILES string of the molecule is CC1(C)CNC(=O)c2ccc(cc2)NC(N)=NC(N)=NCc2ccc(c(Cl)c2)OCCCN(C(=O)CCc2ccco2)C1. The molecule has 4 aliphatic heterocycles. The van der Waals surface area contributed by atoms with E-state index in [9.17, 15) is 9.59 Å². The normalized spacial score (nSPS) is 16.7. The Morgan fingerprint density at radius 3 is 2.65 bits per heavy atom. The molecule has 12 heteroatoms. The fourth-order valence-corrected chi connectivity index (χ4v) is 4.80. The van der Waals surface area contributed by atoms with Gasteiger partial charge < -0.3 is 36.2 Å². The smallest absolute Gasteiger partial charge is 0.251 e. The van der Waals surface area contributed by atoms with E-state index in [1.165, 1.54) is 0 Å². The van der Waals surface area contributed by atoms with Crippen LogP contribution in [0.25, 0.3) is 0 Å². The van der Waals surface area contributed by atoms with Gasteiger partial charge in [0.25, 0.3) is 5.91 Å². The first-order valence-corrected chi connectivity index (χ1v) is 14.5. The molecule has 7 rings (SSSR count). The molecule has 4 bridgehead atoms. The highest BCUT2D eigenvalue weighted by atomic mass is 35.5. The average Bonchev–Trinajstić information content (AvgIpc) is 3.50. The summed E-state index contributed by atoms with van der Waals surface area (Å²) >= 11 is 6.47. The summed E-state index contributed by atoms with van der Waals surface area (Å²) < 4.78 is 11.3. The minimum absolute atomic E-state index is 0.00206. The van der Waals surface area contributed by atoms with Crippen LogP contribution in [0.15, 0.2) is 75.3 Å². The molecule has 6 N–H and O–H groups in total. The Hall–Kier alpha value is -4.51. The number of carbonyl (C=O) groups is 2. The van der Waals surface area contributed by atoms with Crippen molar-refractivity contribution in [3.8, 4) is 5.75 Å². The molecule has 0 fully saturated rings. The third-order valence-electron chi connectivity index (χ3n) is 6.77. The van der Waals surface area contributed by atoms with Crippen LogP contribution in [0.5, 0.6) is 5.75 Å². The largest absolute Gasteiger partial charge is 0.492 e. The maximum Gasteiger partial charge on any atom is 0.251 e. The predicted octanol–water partition coefficient (Wildman–Crippen LogP) is 4.17. The number of hydrogen-bond donors (Lipinski definition) is 4. The third kappa shape index (κ3) is 9.78. The standard InChI is InChI=1S/C31H38ClN7O4/c1-31(2)19-36-28(41)22-7-9-23(10-8-22)37-30(34)38-29(33)35-18-21-6-12-26(25(32)17-21)43-16-4-14-39(20-31)27(40)13-11-24-5-3-15-42-24/h3,5-10,12,15,17H,4,11,13-14,16,18-20H2,1-2H3,(H,36,41)(H5,33,34,35,37,38). The van der Waals surface area contributed by atoms with Gasteiger partial charge in [-0.2, -0.15) is 4.99 Å². The fraction of sp³-hybridized carbons (Fsp3) is 0.355. The quantitative estimate of drug-likeness (QED) is 0.347. The van der Waals surface area contributed by atoms with Gasteiger partial charge in [0.1, 0.15) is 11.5 Å². The second kappa shape index (κ2) is 14.6. The van der Waals surface area contributed by atoms with Gasteiger partial charge in [0.05, 0.1) is 24.4 Å². The Morgan fingerprint density at radius 1 is 1.14 bits per heavy atom. The van der Waals surface area contributed by atoms with Crippen LogP contribution in [-0.2, 0) is 17.8 Å². The summed E-state index contributed by atoms with van der Waals surface area (Å²) in [5.74, 6) is 1.13. The molecule has 3 aromatic rings. The fourth-order valence-electron chi connectivity index (χ4n) is 4.54. The highest BCUT2D eigenvalue weighted by Gasteiger charge is 2.26. The van der Waals surface area contributed by atoms with Crippen molar-refractivity contribution >= 4 is 41.0 Å². The lowest BCUT2D eigenvalue weighted by atomic mass is 9.92. The first-order valence-electron chi connectivity index (χ1n) is 14.1. The molecule has 4 aliphatic rings. The molecule has 0 saturated carbocycles. The van der Waals surface area contributed by atoms with E-state index in [1.807, 2.05) is 36.9 Å². The van der Waals surface area contributed by atoms with Crippen molar-refractivity contribution in [2.24, 2.45) is 26.9 Å². The third-order valence-corrected chi connectivity index (χ3v) is 7.06. The maximum atomic E-state index is 13.3. The zero-order chi connectivity index (χ0) is 30.8. The highest BCUT2D eigenvalue weighted by Crippen LogP contribution is 2.26. The van der Waals surface area contributed by atoms with Crippen LogP contribution >= 0.6 is 11.6 Å². The van der Waals surface area contributed by atoms with E-state index < -0.39 is 5.41 Å². The molecule has 2 amide bonds. The van der Waals surface area contributed by atoms with E-state index in [0.29, 0.717) is 67.5 Å². The van der Waals surface area contributed by atoms with Gasteiger partial charge in [-0.05, 0) is 65.9 Å². The number of rotatable bonds is 3. The van der Waals surface area contributed by atoms with Crippen molar-refractivity contribution in [2.45, 2.75) is 39.7 Å². The molecular formula is C31H38ClN7O4. The minimum Gasteiger partial charge on any atom is -0.492 e. The number of aliphatic imine (C=N–C) groups is 2. The van der Waals surface area contributed by atoms with E-state index in [1.54, 1.807) is 42.7 Å². The summed E-state index contributed by atoms with van der Waals surface area (Å²) in [6.45, 7) is 5.95. The molecule has 0 unspecified atom stereocenters. The number of halogens is 1. The Kier molecular flexibility index (Phi) is 10.7. The lowest BCUT2D eigenvalue weighted by Gasteiger charge is -2.33. The summed E-state index contributed by atoms with van der Waals surface area (Å²) in [6.07, 6.45) is 3.01. The average molecular weight is 608 g/mol. The van der Waals surface area contributed by atoms with Crippen LogP contribution in [0.3, 0.4) is 0 Å². The van der Waals surface area contributed by atoms with Crippen LogP contribution in [-0.4, -0.2) is 54.9 Å². The molecular weight excluding hydrogens is 570 g/mol. The zero-order valence-electron chi connectivity index (χ0n) is 24.4. The van der Waals surface area contributed by atoms with Crippen molar-refractivity contribution in [1.29, 1.82) is 0 Å². The number of amides is 2. The Morgan fingerprint density at radius 2 is 1.93 bits per heavy atom. The number of nitrogens with two attached hydrogens (primary N) is 2. The number of anilines is 1. The molecule has 0 aliphatic carbocycles. The molecule has 2 aromatic carbocycles. The summed E-state index contributed by atoms with van der Waals surface area (Å²) in [5.41, 5.74) is 13.5. The number of ether oxygens (including phenoxy) is 1. The first-order chi connectivity index (χ1) is 20.6. The van der Waals surface area contributed by atoms with Gasteiger partial charge in [-0.3, -0.25) is 9.59 Å². The van der Waals surface area contributed by atoms with E-state index in [4.69, 9.17) is 32.2 Å². The molecule has 5 heterocycles. The number of furan rings is 1. The van der Waals surface area contributed by atoms with Gasteiger partial charge in [-0.1, -0.05) is 31.5 Å². The van der Waals surface area contributed by atoms with Crippen LogP contribution < -0.4 is 26.8 Å². The van der Waals surface area contributed by atoms with Gasteiger partial charge in [-0.25, -0.2) is 4.99 Å². The monoisotopic (exact) mass is 607 g/mol. The van der Waals surface area contributed by atoms with Crippen molar-refractivity contribution in [3.05, 3.63) is 82.8 Å². The Labute approximate surface area is 256 Å². The Bertz CT molecular complexity index is 1450.